The number of ether oxygens (including phenoxy) is 2. The highest BCUT2D eigenvalue weighted by Gasteiger charge is 2.26. The van der Waals surface area contributed by atoms with Crippen LogP contribution in [0.1, 0.15) is 59.3 Å². The lowest BCUT2D eigenvalue weighted by molar-refractivity contribution is -0.00304. The van der Waals surface area contributed by atoms with Gasteiger partial charge in [0.15, 0.2) is 11.7 Å². The van der Waals surface area contributed by atoms with Crippen molar-refractivity contribution in [3.8, 4) is 0 Å². The van der Waals surface area contributed by atoms with Crippen LogP contribution in [0.15, 0.2) is 36.1 Å². The standard InChI is InChI=1S/C21H34F2O2/c1-7-8-18-9-11-19(12-10-18)16(4)25-13-14(2)15(3)20(22)21(23)17(5)24-6/h14,16,18-19H,3,5,7-13H2,1-2,4,6H3/b21-20-. The van der Waals surface area contributed by atoms with E-state index < -0.39 is 11.7 Å². The van der Waals surface area contributed by atoms with Crippen molar-refractivity contribution in [1.82, 2.24) is 0 Å². The molecule has 0 radical (unpaired) electrons. The average Bonchev–Trinajstić information content (AvgIpc) is 2.64. The first-order valence-corrected chi connectivity index (χ1v) is 9.41. The minimum Gasteiger partial charge on any atom is -0.494 e. The van der Waals surface area contributed by atoms with Crippen molar-refractivity contribution in [2.45, 2.75) is 65.4 Å². The van der Waals surface area contributed by atoms with Gasteiger partial charge >= 0.3 is 0 Å². The van der Waals surface area contributed by atoms with Crippen LogP contribution in [0.2, 0.25) is 0 Å². The lowest BCUT2D eigenvalue weighted by Crippen LogP contribution is -2.27. The predicted octanol–water partition coefficient (Wildman–Crippen LogP) is 6.50. The molecule has 0 N–H and O–H groups in total. The largest absolute Gasteiger partial charge is 0.494 e. The number of methoxy groups -OCH3 is 1. The number of hydrogen-bond donors (Lipinski definition) is 0. The third kappa shape index (κ3) is 6.58. The van der Waals surface area contributed by atoms with Crippen LogP contribution in [0.4, 0.5) is 8.78 Å². The maximum atomic E-state index is 14.1. The maximum absolute atomic E-state index is 14.1. The Morgan fingerprint density at radius 1 is 1.08 bits per heavy atom. The second-order valence-electron chi connectivity index (χ2n) is 7.29. The molecule has 0 spiro atoms. The van der Waals surface area contributed by atoms with E-state index >= 15 is 0 Å². The summed E-state index contributed by atoms with van der Waals surface area (Å²) in [6.45, 7) is 13.4. The molecule has 144 valence electrons. The summed E-state index contributed by atoms with van der Waals surface area (Å²) in [5, 5.41) is 0. The third-order valence-corrected chi connectivity index (χ3v) is 5.42. The molecular formula is C21H34F2O2. The van der Waals surface area contributed by atoms with Gasteiger partial charge < -0.3 is 9.47 Å². The molecule has 1 aliphatic carbocycles. The molecule has 1 saturated carbocycles. The van der Waals surface area contributed by atoms with Crippen molar-refractivity contribution in [2.75, 3.05) is 13.7 Å². The Bertz CT molecular complexity index is 476. The highest BCUT2D eigenvalue weighted by Crippen LogP contribution is 2.34. The van der Waals surface area contributed by atoms with E-state index in [0.717, 1.165) is 5.92 Å². The molecule has 0 saturated heterocycles. The molecule has 1 rings (SSSR count). The Balaban J connectivity index is 2.46. The second kappa shape index (κ2) is 10.7. The molecule has 1 fully saturated rings. The topological polar surface area (TPSA) is 18.5 Å². The Kier molecular flexibility index (Phi) is 9.41. The van der Waals surface area contributed by atoms with Gasteiger partial charge in [-0.3, -0.25) is 0 Å². The molecule has 4 heteroatoms. The normalized spacial score (nSPS) is 24.2. The van der Waals surface area contributed by atoms with Gasteiger partial charge in [-0.25, -0.2) is 4.39 Å². The summed E-state index contributed by atoms with van der Waals surface area (Å²) in [4.78, 5) is 0. The summed E-state index contributed by atoms with van der Waals surface area (Å²) in [6.07, 6.45) is 7.64. The highest BCUT2D eigenvalue weighted by molar-refractivity contribution is 5.33. The summed E-state index contributed by atoms with van der Waals surface area (Å²) in [6, 6.07) is 0. The van der Waals surface area contributed by atoms with E-state index in [9.17, 15) is 8.78 Å². The summed E-state index contributed by atoms with van der Waals surface area (Å²) in [5.74, 6) is -1.32. The highest BCUT2D eigenvalue weighted by atomic mass is 19.2. The van der Waals surface area contributed by atoms with Crippen LogP contribution < -0.4 is 0 Å². The number of hydrogen-bond acceptors (Lipinski definition) is 2. The molecule has 1 aliphatic rings. The zero-order valence-corrected chi connectivity index (χ0v) is 16.2. The van der Waals surface area contributed by atoms with Crippen LogP contribution >= 0.6 is 0 Å². The first-order chi connectivity index (χ1) is 11.8. The number of halogens is 2. The molecule has 0 aliphatic heterocycles. The molecule has 0 aromatic heterocycles. The smallest absolute Gasteiger partial charge is 0.200 e. The van der Waals surface area contributed by atoms with Crippen LogP contribution in [0, 0.1) is 17.8 Å². The Morgan fingerprint density at radius 3 is 2.20 bits per heavy atom. The van der Waals surface area contributed by atoms with Crippen molar-refractivity contribution >= 4 is 0 Å². The van der Waals surface area contributed by atoms with Crippen LogP contribution in [0.5, 0.6) is 0 Å². The first-order valence-electron chi connectivity index (χ1n) is 9.41. The van der Waals surface area contributed by atoms with Gasteiger partial charge in [-0.05, 0) is 37.2 Å². The van der Waals surface area contributed by atoms with Crippen LogP contribution in [0.25, 0.3) is 0 Å². The Hall–Kier alpha value is -1.16. The van der Waals surface area contributed by atoms with Gasteiger partial charge in [-0.15, -0.1) is 0 Å². The zero-order valence-electron chi connectivity index (χ0n) is 16.2. The van der Waals surface area contributed by atoms with E-state index in [2.05, 4.69) is 31.7 Å². The van der Waals surface area contributed by atoms with Gasteiger partial charge in [-0.1, -0.05) is 52.7 Å². The van der Waals surface area contributed by atoms with E-state index in [-0.39, 0.29) is 23.4 Å². The summed E-state index contributed by atoms with van der Waals surface area (Å²) in [7, 11) is 1.25. The molecule has 2 nitrogen and oxygen atoms in total. The maximum Gasteiger partial charge on any atom is 0.200 e. The second-order valence-corrected chi connectivity index (χ2v) is 7.29. The average molecular weight is 356 g/mol. The van der Waals surface area contributed by atoms with E-state index in [1.54, 1.807) is 6.92 Å². The van der Waals surface area contributed by atoms with Gasteiger partial charge in [0.25, 0.3) is 0 Å². The van der Waals surface area contributed by atoms with Crippen molar-refractivity contribution in [3.63, 3.8) is 0 Å². The van der Waals surface area contributed by atoms with E-state index in [4.69, 9.17) is 4.74 Å². The van der Waals surface area contributed by atoms with E-state index in [1.165, 1.54) is 45.6 Å². The fourth-order valence-electron chi connectivity index (χ4n) is 3.46. The van der Waals surface area contributed by atoms with Gasteiger partial charge in [0.1, 0.15) is 5.76 Å². The summed E-state index contributed by atoms with van der Waals surface area (Å²) < 4.78 is 38.4. The predicted molar refractivity (Wildman–Crippen MR) is 99.5 cm³/mol. The van der Waals surface area contributed by atoms with E-state index in [0.29, 0.717) is 12.5 Å². The van der Waals surface area contributed by atoms with Crippen molar-refractivity contribution in [2.24, 2.45) is 17.8 Å². The van der Waals surface area contributed by atoms with Crippen LogP contribution in [0.3, 0.4) is 0 Å². The van der Waals surface area contributed by atoms with Crippen LogP contribution in [-0.4, -0.2) is 19.8 Å². The minimum absolute atomic E-state index is 0.0783. The first kappa shape index (κ1) is 21.9. The van der Waals surface area contributed by atoms with Crippen molar-refractivity contribution in [3.05, 3.63) is 36.1 Å². The molecule has 0 bridgehead atoms. The van der Waals surface area contributed by atoms with Gasteiger partial charge in [0, 0.05) is 5.92 Å². The van der Waals surface area contributed by atoms with Crippen molar-refractivity contribution in [1.29, 1.82) is 0 Å². The molecule has 0 aromatic carbocycles. The summed E-state index contributed by atoms with van der Waals surface area (Å²) in [5.41, 5.74) is 0.0783. The molecule has 2 unspecified atom stereocenters. The Labute approximate surface area is 152 Å². The fraction of sp³-hybridized carbons (Fsp3) is 0.714. The SMILES string of the molecule is C=C(OC)/C(F)=C(/F)C(=C)C(C)COC(C)C1CCC(CCC)CC1. The number of rotatable bonds is 10. The lowest BCUT2D eigenvalue weighted by Gasteiger charge is -2.32. The van der Waals surface area contributed by atoms with Gasteiger partial charge in [0.2, 0.25) is 0 Å². The quantitative estimate of drug-likeness (QED) is 0.328. The zero-order chi connectivity index (χ0) is 19.0. The summed E-state index contributed by atoms with van der Waals surface area (Å²) >= 11 is 0. The van der Waals surface area contributed by atoms with Crippen LogP contribution in [-0.2, 0) is 9.47 Å². The molecule has 0 heterocycles. The van der Waals surface area contributed by atoms with E-state index in [1.807, 2.05) is 0 Å². The van der Waals surface area contributed by atoms with Gasteiger partial charge in [-0.2, -0.15) is 4.39 Å². The molecule has 0 amide bonds. The lowest BCUT2D eigenvalue weighted by atomic mass is 9.78. The monoisotopic (exact) mass is 356 g/mol. The van der Waals surface area contributed by atoms with Gasteiger partial charge in [0.05, 0.1) is 19.8 Å². The molecule has 2 atom stereocenters. The number of allylic oxidation sites excluding steroid dienone is 2. The fourth-order valence-corrected chi connectivity index (χ4v) is 3.46. The van der Waals surface area contributed by atoms with Crippen molar-refractivity contribution < 1.29 is 18.3 Å². The third-order valence-electron chi connectivity index (χ3n) is 5.42. The minimum atomic E-state index is -1.10. The Morgan fingerprint density at radius 2 is 1.68 bits per heavy atom. The molecular weight excluding hydrogens is 322 g/mol. The molecule has 0 aromatic rings. The molecule has 25 heavy (non-hydrogen) atoms.